The van der Waals surface area contributed by atoms with Crippen molar-refractivity contribution >= 4 is 5.91 Å². The molecule has 0 spiro atoms. The number of H-pyrrole nitrogens is 1. The van der Waals surface area contributed by atoms with Gasteiger partial charge in [-0.05, 0) is 18.1 Å². The number of aromatic amines is 1. The van der Waals surface area contributed by atoms with Gasteiger partial charge in [-0.25, -0.2) is 8.78 Å². The summed E-state index contributed by atoms with van der Waals surface area (Å²) < 4.78 is 33.5. The molecule has 3 aromatic rings. The summed E-state index contributed by atoms with van der Waals surface area (Å²) in [4.78, 5) is 14.3. The molecule has 27 heavy (non-hydrogen) atoms. The van der Waals surface area contributed by atoms with Crippen LogP contribution >= 0.6 is 0 Å². The lowest BCUT2D eigenvalue weighted by atomic mass is 10.00. The molecule has 0 radical (unpaired) electrons. The maximum Gasteiger partial charge on any atom is 0.292 e. The van der Waals surface area contributed by atoms with Crippen LogP contribution in [-0.4, -0.2) is 32.7 Å². The average Bonchev–Trinajstić information content (AvgIpc) is 3.28. The van der Waals surface area contributed by atoms with Crippen LogP contribution in [0.2, 0.25) is 0 Å². The molecule has 8 heteroatoms. The molecule has 3 heterocycles. The van der Waals surface area contributed by atoms with Crippen molar-refractivity contribution in [2.45, 2.75) is 32.7 Å². The van der Waals surface area contributed by atoms with E-state index in [9.17, 15) is 13.6 Å². The van der Waals surface area contributed by atoms with Crippen molar-refractivity contribution in [2.75, 3.05) is 6.54 Å². The zero-order valence-electron chi connectivity index (χ0n) is 14.9. The third kappa shape index (κ3) is 3.01. The summed E-state index contributed by atoms with van der Waals surface area (Å²) in [5.74, 6) is -1.38. The zero-order valence-corrected chi connectivity index (χ0v) is 14.9. The van der Waals surface area contributed by atoms with Crippen LogP contribution in [0, 0.1) is 11.6 Å². The number of hydrogen-bond donors (Lipinski definition) is 1. The van der Waals surface area contributed by atoms with Crippen LogP contribution < -0.4 is 0 Å². The van der Waals surface area contributed by atoms with Gasteiger partial charge in [-0.3, -0.25) is 9.89 Å². The van der Waals surface area contributed by atoms with E-state index in [1.165, 1.54) is 18.2 Å². The second-order valence-corrected chi connectivity index (χ2v) is 6.87. The zero-order chi connectivity index (χ0) is 19.1. The number of carbonyl (C=O) groups excluding carboxylic acids is 1. The highest BCUT2D eigenvalue weighted by Gasteiger charge is 2.30. The molecule has 0 fully saturated rings. The molecule has 1 aliphatic heterocycles. The summed E-state index contributed by atoms with van der Waals surface area (Å²) in [6.45, 7) is 4.55. The third-order valence-corrected chi connectivity index (χ3v) is 4.75. The first-order valence-electron chi connectivity index (χ1n) is 8.72. The van der Waals surface area contributed by atoms with E-state index < -0.39 is 11.6 Å². The maximum atomic E-state index is 14.2. The number of aromatic nitrogens is 3. The fourth-order valence-electron chi connectivity index (χ4n) is 3.22. The van der Waals surface area contributed by atoms with Crippen LogP contribution in [0.1, 0.15) is 47.3 Å². The molecule has 140 valence electrons. The number of carbonyl (C=O) groups is 1. The molecule has 1 amide bonds. The van der Waals surface area contributed by atoms with Crippen LogP contribution in [0.5, 0.6) is 0 Å². The maximum absolute atomic E-state index is 14.2. The topological polar surface area (TPSA) is 75.0 Å². The van der Waals surface area contributed by atoms with Crippen molar-refractivity contribution in [1.82, 2.24) is 20.3 Å². The van der Waals surface area contributed by atoms with Crippen molar-refractivity contribution in [3.05, 3.63) is 58.6 Å². The molecule has 2 aromatic heterocycles. The molecule has 0 unspecified atom stereocenters. The number of rotatable bonds is 3. The van der Waals surface area contributed by atoms with Gasteiger partial charge in [0.2, 0.25) is 5.76 Å². The van der Waals surface area contributed by atoms with E-state index in [2.05, 4.69) is 15.4 Å². The van der Waals surface area contributed by atoms with E-state index in [1.807, 2.05) is 13.8 Å². The second-order valence-electron chi connectivity index (χ2n) is 6.87. The first-order chi connectivity index (χ1) is 13.0. The lowest BCUT2D eigenvalue weighted by molar-refractivity contribution is 0.0692. The van der Waals surface area contributed by atoms with E-state index in [0.29, 0.717) is 24.2 Å². The standard InChI is InChI=1S/C19H18F2N4O2/c1-10(2)15-8-16(27-24-15)19(26)25-7-6-14-11(9-25)18(23-22-14)17-12(20)4-3-5-13(17)21/h3-5,8,10H,6-7,9H2,1-2H3,(H,22,23). The molecule has 0 atom stereocenters. The van der Waals surface area contributed by atoms with Gasteiger partial charge in [-0.2, -0.15) is 5.10 Å². The molecule has 4 rings (SSSR count). The van der Waals surface area contributed by atoms with Gasteiger partial charge in [-0.1, -0.05) is 25.1 Å². The Morgan fingerprint density at radius 2 is 2.04 bits per heavy atom. The Morgan fingerprint density at radius 3 is 2.70 bits per heavy atom. The van der Waals surface area contributed by atoms with Crippen LogP contribution in [-0.2, 0) is 13.0 Å². The fraction of sp³-hybridized carbons (Fsp3) is 0.316. The largest absolute Gasteiger partial charge is 0.351 e. The Morgan fingerprint density at radius 1 is 1.30 bits per heavy atom. The number of nitrogens with one attached hydrogen (secondary N) is 1. The molecule has 1 aliphatic rings. The number of nitrogens with zero attached hydrogens (tertiary/aromatic N) is 3. The summed E-state index contributed by atoms with van der Waals surface area (Å²) in [5.41, 5.74) is 2.09. The van der Waals surface area contributed by atoms with Gasteiger partial charge >= 0.3 is 0 Å². The van der Waals surface area contributed by atoms with Crippen LogP contribution in [0.25, 0.3) is 11.3 Å². The Hall–Kier alpha value is -3.03. The highest BCUT2D eigenvalue weighted by atomic mass is 19.1. The van der Waals surface area contributed by atoms with Crippen LogP contribution in [0.4, 0.5) is 8.78 Å². The summed E-state index contributed by atoms with van der Waals surface area (Å²) in [6, 6.07) is 5.31. The van der Waals surface area contributed by atoms with Gasteiger partial charge < -0.3 is 9.42 Å². The Labute approximate surface area is 154 Å². The summed E-state index contributed by atoms with van der Waals surface area (Å²) >= 11 is 0. The normalized spacial score (nSPS) is 13.9. The third-order valence-electron chi connectivity index (χ3n) is 4.75. The van der Waals surface area contributed by atoms with Gasteiger partial charge in [0.25, 0.3) is 5.91 Å². The number of benzene rings is 1. The monoisotopic (exact) mass is 372 g/mol. The highest BCUT2D eigenvalue weighted by molar-refractivity contribution is 5.91. The van der Waals surface area contributed by atoms with Crippen molar-refractivity contribution in [2.24, 2.45) is 0 Å². The average molecular weight is 372 g/mol. The number of fused-ring (bicyclic) bond motifs is 1. The van der Waals surface area contributed by atoms with Gasteiger partial charge in [0, 0.05) is 30.3 Å². The molecule has 1 aromatic carbocycles. The van der Waals surface area contributed by atoms with Gasteiger partial charge in [0.15, 0.2) is 0 Å². The van der Waals surface area contributed by atoms with Crippen molar-refractivity contribution < 1.29 is 18.1 Å². The van der Waals surface area contributed by atoms with Gasteiger partial charge in [0.05, 0.1) is 17.8 Å². The fourth-order valence-corrected chi connectivity index (χ4v) is 3.22. The quantitative estimate of drug-likeness (QED) is 0.761. The predicted octanol–water partition coefficient (Wildman–Crippen LogP) is 3.66. The van der Waals surface area contributed by atoms with Crippen molar-refractivity contribution in [3.8, 4) is 11.3 Å². The molecule has 1 N–H and O–H groups in total. The molecule has 6 nitrogen and oxygen atoms in total. The van der Waals surface area contributed by atoms with Gasteiger partial charge in [0.1, 0.15) is 17.3 Å². The molecule has 0 aliphatic carbocycles. The Kier molecular flexibility index (Phi) is 4.25. The minimum Gasteiger partial charge on any atom is -0.351 e. The smallest absolute Gasteiger partial charge is 0.292 e. The lowest BCUT2D eigenvalue weighted by Crippen LogP contribution is -2.35. The van der Waals surface area contributed by atoms with E-state index in [1.54, 1.807) is 11.0 Å². The van der Waals surface area contributed by atoms with Crippen molar-refractivity contribution in [3.63, 3.8) is 0 Å². The molecule has 0 saturated carbocycles. The SMILES string of the molecule is CC(C)c1cc(C(=O)N2CCc3[nH]nc(-c4c(F)cccc4F)c3C2)on1. The van der Waals surface area contributed by atoms with E-state index >= 15 is 0 Å². The first-order valence-corrected chi connectivity index (χ1v) is 8.72. The van der Waals surface area contributed by atoms with E-state index in [0.717, 1.165) is 5.69 Å². The molecular weight excluding hydrogens is 354 g/mol. The number of amides is 1. The summed E-state index contributed by atoms with van der Waals surface area (Å²) in [6.07, 6.45) is 0.509. The Balaban J connectivity index is 1.65. The molecular formula is C19H18F2N4O2. The first kappa shape index (κ1) is 17.4. The summed E-state index contributed by atoms with van der Waals surface area (Å²) in [5, 5.41) is 10.9. The van der Waals surface area contributed by atoms with E-state index in [4.69, 9.17) is 4.52 Å². The van der Waals surface area contributed by atoms with Crippen LogP contribution in [0.15, 0.2) is 28.8 Å². The minimum absolute atomic E-state index is 0.146. The second kappa shape index (κ2) is 6.61. The summed E-state index contributed by atoms with van der Waals surface area (Å²) in [7, 11) is 0. The molecule has 0 bridgehead atoms. The van der Waals surface area contributed by atoms with Crippen molar-refractivity contribution in [1.29, 1.82) is 0 Å². The van der Waals surface area contributed by atoms with Crippen LogP contribution in [0.3, 0.4) is 0 Å². The highest BCUT2D eigenvalue weighted by Crippen LogP contribution is 2.32. The predicted molar refractivity (Wildman–Crippen MR) is 93.0 cm³/mol. The number of hydrogen-bond acceptors (Lipinski definition) is 4. The van der Waals surface area contributed by atoms with Gasteiger partial charge in [-0.15, -0.1) is 0 Å². The minimum atomic E-state index is -0.690. The number of halogens is 2. The lowest BCUT2D eigenvalue weighted by Gasteiger charge is -2.26. The van der Waals surface area contributed by atoms with E-state index in [-0.39, 0.29) is 35.4 Å². The molecule has 0 saturated heterocycles. The Bertz CT molecular complexity index is 989.